The van der Waals surface area contributed by atoms with Crippen LogP contribution in [0.5, 0.6) is 0 Å². The lowest BCUT2D eigenvalue weighted by Crippen LogP contribution is -2.42. The molecule has 157 valence electrons. The molecule has 1 atom stereocenters. The number of Topliss-reactive ketones (excluding diaryl/α,β-unsaturated/α-hetero) is 1. The van der Waals surface area contributed by atoms with Crippen molar-refractivity contribution in [2.75, 3.05) is 12.3 Å². The second-order valence-corrected chi connectivity index (χ2v) is 6.85. The third-order valence-electron chi connectivity index (χ3n) is 4.53. The van der Waals surface area contributed by atoms with E-state index in [0.29, 0.717) is 36.8 Å². The molecule has 1 aromatic carbocycles. The molecule has 6 nitrogen and oxygen atoms in total. The van der Waals surface area contributed by atoms with Gasteiger partial charge in [0, 0.05) is 17.7 Å². The second-order valence-electron chi connectivity index (χ2n) is 6.85. The number of nitrogens with two attached hydrogens (primary N) is 1. The highest BCUT2D eigenvalue weighted by atomic mass is 19.1. The number of nitrogens with one attached hydrogen (secondary N) is 1. The van der Waals surface area contributed by atoms with Crippen LogP contribution < -0.4 is 11.1 Å². The normalized spacial score (nSPS) is 14.4. The minimum atomic E-state index is -0.902. The Labute approximate surface area is 175 Å². The van der Waals surface area contributed by atoms with Crippen molar-refractivity contribution >= 4 is 24.7 Å². The Bertz CT molecular complexity index is 880. The van der Waals surface area contributed by atoms with Crippen molar-refractivity contribution in [2.24, 2.45) is 0 Å². The number of hydrogen-bond donors (Lipinski definition) is 2. The SMILES string of the molecule is N#C[B]CCCC[C@H](NC(=O)c1cccc(N)c1)C(=O)COC1=C(F)CCC=C1F. The summed E-state index contributed by atoms with van der Waals surface area (Å²) in [5, 5.41) is 11.2. The first kappa shape index (κ1) is 23.1. The zero-order chi connectivity index (χ0) is 21.9. The standard InChI is InChI=1S/C21H23BF2N3O3/c23-16-7-4-8-17(24)20(16)30-12-19(28)18(9-1-2-10-22-13-25)27-21(29)14-5-3-6-15(26)11-14/h3,5-7,11,18H,1-2,4,8-10,12,26H2,(H,27,29)/t18-/m0/s1. The number of halogens is 2. The fraction of sp³-hybridized carbons (Fsp3) is 0.381. The lowest BCUT2D eigenvalue weighted by molar-refractivity contribution is -0.124. The molecule has 0 aliphatic heterocycles. The minimum absolute atomic E-state index is 0.0158. The van der Waals surface area contributed by atoms with Crippen LogP contribution in [-0.2, 0) is 9.53 Å². The molecule has 0 heterocycles. The maximum Gasteiger partial charge on any atom is 0.254 e. The van der Waals surface area contributed by atoms with Crippen LogP contribution in [0.25, 0.3) is 0 Å². The van der Waals surface area contributed by atoms with E-state index in [-0.39, 0.29) is 12.8 Å². The molecular weight excluding hydrogens is 391 g/mol. The van der Waals surface area contributed by atoms with E-state index in [0.717, 1.165) is 0 Å². The van der Waals surface area contributed by atoms with E-state index in [2.05, 4.69) is 5.32 Å². The molecule has 1 aliphatic carbocycles. The van der Waals surface area contributed by atoms with Crippen LogP contribution in [0.2, 0.25) is 6.32 Å². The molecule has 0 saturated heterocycles. The van der Waals surface area contributed by atoms with Crippen LogP contribution in [0, 0.1) is 11.2 Å². The van der Waals surface area contributed by atoms with Crippen LogP contribution >= 0.6 is 0 Å². The predicted octanol–water partition coefficient (Wildman–Crippen LogP) is 3.56. The van der Waals surface area contributed by atoms with Gasteiger partial charge in [-0.1, -0.05) is 25.2 Å². The van der Waals surface area contributed by atoms with Gasteiger partial charge in [-0.05, 0) is 43.1 Å². The van der Waals surface area contributed by atoms with Crippen molar-refractivity contribution in [3.63, 3.8) is 0 Å². The molecular formula is C21H23BF2N3O3. The lowest BCUT2D eigenvalue weighted by Gasteiger charge is -2.19. The number of hydrogen-bond acceptors (Lipinski definition) is 5. The number of benzene rings is 1. The van der Waals surface area contributed by atoms with Crippen molar-refractivity contribution in [3.8, 4) is 5.97 Å². The first-order chi connectivity index (χ1) is 14.4. The summed E-state index contributed by atoms with van der Waals surface area (Å²) >= 11 is 0. The fourth-order valence-electron chi connectivity index (χ4n) is 2.95. The van der Waals surface area contributed by atoms with Crippen LogP contribution in [-0.4, -0.2) is 31.6 Å². The van der Waals surface area contributed by atoms with E-state index in [1.165, 1.54) is 19.4 Å². The van der Waals surface area contributed by atoms with Gasteiger partial charge in [-0.2, -0.15) is 0 Å². The van der Waals surface area contributed by atoms with E-state index in [9.17, 15) is 18.4 Å². The highest BCUT2D eigenvalue weighted by molar-refractivity contribution is 6.44. The maximum atomic E-state index is 13.8. The molecule has 0 bridgehead atoms. The molecule has 3 N–H and O–H groups in total. The number of nitriles is 1. The zero-order valence-electron chi connectivity index (χ0n) is 16.5. The summed E-state index contributed by atoms with van der Waals surface area (Å²) < 4.78 is 32.6. The number of rotatable bonds is 11. The summed E-state index contributed by atoms with van der Waals surface area (Å²) in [6, 6.07) is 5.40. The van der Waals surface area contributed by atoms with Gasteiger partial charge in [-0.3, -0.25) is 9.59 Å². The molecule has 0 fully saturated rings. The number of carbonyl (C=O) groups excluding carboxylic acids is 2. The van der Waals surface area contributed by atoms with Crippen molar-refractivity contribution in [1.82, 2.24) is 5.32 Å². The number of nitrogens with zero attached hydrogens (tertiary/aromatic N) is 1. The Morgan fingerprint density at radius 3 is 2.83 bits per heavy atom. The Morgan fingerprint density at radius 1 is 1.33 bits per heavy atom. The van der Waals surface area contributed by atoms with E-state index < -0.39 is 41.8 Å². The van der Waals surface area contributed by atoms with Gasteiger partial charge in [0.05, 0.1) is 6.04 Å². The summed E-state index contributed by atoms with van der Waals surface area (Å²) in [6.07, 6.45) is 3.54. The van der Waals surface area contributed by atoms with Gasteiger partial charge in [0.15, 0.2) is 17.4 Å². The molecule has 0 unspecified atom stereocenters. The van der Waals surface area contributed by atoms with Crippen LogP contribution in [0.1, 0.15) is 42.5 Å². The van der Waals surface area contributed by atoms with Gasteiger partial charge >= 0.3 is 0 Å². The summed E-state index contributed by atoms with van der Waals surface area (Å²) in [6.45, 7) is -0.573. The van der Waals surface area contributed by atoms with Gasteiger partial charge < -0.3 is 15.8 Å². The molecule has 0 spiro atoms. The molecule has 0 aromatic heterocycles. The van der Waals surface area contributed by atoms with E-state index >= 15 is 0 Å². The van der Waals surface area contributed by atoms with Gasteiger partial charge in [0.25, 0.3) is 13.2 Å². The zero-order valence-corrected chi connectivity index (χ0v) is 16.5. The largest absolute Gasteiger partial charge is 0.480 e. The summed E-state index contributed by atoms with van der Waals surface area (Å²) in [4.78, 5) is 25.2. The third kappa shape index (κ3) is 7.03. The smallest absolute Gasteiger partial charge is 0.254 e. The van der Waals surface area contributed by atoms with Gasteiger partial charge in [-0.25, -0.2) is 14.0 Å². The Balaban J connectivity index is 2.02. The highest BCUT2D eigenvalue weighted by Crippen LogP contribution is 2.27. The summed E-state index contributed by atoms with van der Waals surface area (Å²) in [7, 11) is 1.46. The monoisotopic (exact) mass is 414 g/mol. The van der Waals surface area contributed by atoms with E-state index in [1.807, 2.05) is 5.97 Å². The van der Waals surface area contributed by atoms with Crippen molar-refractivity contribution in [1.29, 1.82) is 5.26 Å². The minimum Gasteiger partial charge on any atom is -0.480 e. The molecule has 1 aromatic rings. The molecule has 0 saturated carbocycles. The number of amides is 1. The summed E-state index contributed by atoms with van der Waals surface area (Å²) in [5.41, 5.74) is 6.39. The number of anilines is 1. The van der Waals surface area contributed by atoms with Gasteiger partial charge in [0.1, 0.15) is 12.4 Å². The van der Waals surface area contributed by atoms with Crippen LogP contribution in [0.4, 0.5) is 14.5 Å². The molecule has 1 radical (unpaired) electrons. The van der Waals surface area contributed by atoms with E-state index in [4.69, 9.17) is 15.7 Å². The fourth-order valence-corrected chi connectivity index (χ4v) is 2.95. The molecule has 2 rings (SSSR count). The van der Waals surface area contributed by atoms with Gasteiger partial charge in [0.2, 0.25) is 0 Å². The molecule has 1 amide bonds. The lowest BCUT2D eigenvalue weighted by atomic mass is 9.75. The Kier molecular flexibility index (Phi) is 9.07. The van der Waals surface area contributed by atoms with Crippen LogP contribution in [0.3, 0.4) is 0 Å². The number of ketones is 1. The first-order valence-corrected chi connectivity index (χ1v) is 9.70. The molecule has 1 aliphatic rings. The van der Waals surface area contributed by atoms with Crippen molar-refractivity contribution in [3.05, 3.63) is 53.3 Å². The van der Waals surface area contributed by atoms with Crippen molar-refractivity contribution < 1.29 is 23.1 Å². The number of nitrogen functional groups attached to an aromatic ring is 1. The number of carbonyl (C=O) groups is 2. The average Bonchev–Trinajstić information content (AvgIpc) is 2.72. The third-order valence-corrected chi connectivity index (χ3v) is 4.53. The van der Waals surface area contributed by atoms with Gasteiger partial charge in [-0.15, -0.1) is 0 Å². The number of unbranched alkanes of at least 4 members (excludes halogenated alkanes) is 1. The number of ether oxygens (including phenoxy) is 1. The number of allylic oxidation sites excluding steroid dienone is 3. The average molecular weight is 414 g/mol. The Hall–Kier alpha value is -3.15. The maximum absolute atomic E-state index is 13.8. The molecule has 30 heavy (non-hydrogen) atoms. The van der Waals surface area contributed by atoms with Crippen LogP contribution in [0.15, 0.2) is 47.8 Å². The highest BCUT2D eigenvalue weighted by Gasteiger charge is 2.24. The quantitative estimate of drug-likeness (QED) is 0.327. The first-order valence-electron chi connectivity index (χ1n) is 9.70. The predicted molar refractivity (Wildman–Crippen MR) is 110 cm³/mol. The Morgan fingerprint density at radius 2 is 2.13 bits per heavy atom. The summed E-state index contributed by atoms with van der Waals surface area (Å²) in [5.74, 6) is -1.20. The second kappa shape index (κ2) is 11.8. The molecule has 9 heteroatoms. The topological polar surface area (TPSA) is 105 Å². The van der Waals surface area contributed by atoms with E-state index in [1.54, 1.807) is 18.2 Å². The van der Waals surface area contributed by atoms with Crippen molar-refractivity contribution in [2.45, 2.75) is 44.5 Å².